The second-order valence-electron chi connectivity index (χ2n) is 6.21. The van der Waals surface area contributed by atoms with Crippen LogP contribution in [0.2, 0.25) is 0 Å². The van der Waals surface area contributed by atoms with Crippen LogP contribution in [0.4, 0.5) is 6.01 Å². The Morgan fingerprint density at radius 2 is 2.18 bits per heavy atom. The van der Waals surface area contributed by atoms with Crippen LogP contribution in [-0.4, -0.2) is 38.6 Å². The molecule has 22 heavy (non-hydrogen) atoms. The highest BCUT2D eigenvalue weighted by atomic mass is 16.4. The van der Waals surface area contributed by atoms with E-state index in [4.69, 9.17) is 4.42 Å². The third kappa shape index (κ3) is 2.40. The fourth-order valence-corrected chi connectivity index (χ4v) is 3.00. The number of aromatic nitrogens is 4. The van der Waals surface area contributed by atoms with Crippen LogP contribution in [0.25, 0.3) is 0 Å². The maximum atomic E-state index is 12.6. The van der Waals surface area contributed by atoms with Crippen molar-refractivity contribution in [3.05, 3.63) is 24.1 Å². The van der Waals surface area contributed by atoms with Crippen LogP contribution >= 0.6 is 0 Å². The molecule has 1 saturated carbocycles. The van der Waals surface area contributed by atoms with Gasteiger partial charge in [0.25, 0.3) is 0 Å². The molecule has 1 aliphatic heterocycles. The van der Waals surface area contributed by atoms with Crippen molar-refractivity contribution < 1.29 is 9.21 Å². The van der Waals surface area contributed by atoms with E-state index in [9.17, 15) is 4.79 Å². The lowest BCUT2D eigenvalue weighted by molar-refractivity contribution is 0.0892. The largest absolute Gasteiger partial charge is 0.408 e. The molecule has 0 unspecified atom stereocenters. The monoisotopic (exact) mass is 301 g/mol. The summed E-state index contributed by atoms with van der Waals surface area (Å²) in [5.41, 5.74) is 0. The summed E-state index contributed by atoms with van der Waals surface area (Å²) in [5.74, 6) is 1.75. The van der Waals surface area contributed by atoms with Crippen LogP contribution in [0, 0.1) is 5.92 Å². The molecule has 116 valence electrons. The smallest absolute Gasteiger partial charge is 0.318 e. The molecule has 1 aliphatic carbocycles. The summed E-state index contributed by atoms with van der Waals surface area (Å²) < 4.78 is 7.54. The number of ketones is 1. The van der Waals surface area contributed by atoms with E-state index in [-0.39, 0.29) is 11.7 Å². The summed E-state index contributed by atoms with van der Waals surface area (Å²) >= 11 is 0. The molecule has 3 heterocycles. The van der Waals surface area contributed by atoms with Gasteiger partial charge < -0.3 is 13.9 Å². The van der Waals surface area contributed by atoms with E-state index in [1.165, 1.54) is 0 Å². The highest BCUT2D eigenvalue weighted by Gasteiger charge is 2.33. The third-order valence-corrected chi connectivity index (χ3v) is 4.46. The van der Waals surface area contributed by atoms with Gasteiger partial charge >= 0.3 is 6.01 Å². The van der Waals surface area contributed by atoms with E-state index in [1.54, 1.807) is 17.0 Å². The zero-order valence-electron chi connectivity index (χ0n) is 12.6. The van der Waals surface area contributed by atoms with E-state index < -0.39 is 0 Å². The minimum absolute atomic E-state index is 0.0638. The van der Waals surface area contributed by atoms with Gasteiger partial charge in [-0.25, -0.2) is 4.98 Å². The predicted molar refractivity (Wildman–Crippen MR) is 78.7 cm³/mol. The summed E-state index contributed by atoms with van der Waals surface area (Å²) in [6, 6.07) is 0.555. The van der Waals surface area contributed by atoms with Crippen molar-refractivity contribution >= 4 is 11.8 Å². The Balaban J connectivity index is 1.49. The van der Waals surface area contributed by atoms with Crippen molar-refractivity contribution in [2.45, 2.75) is 31.6 Å². The number of aryl methyl sites for hydroxylation is 1. The molecule has 2 aromatic rings. The van der Waals surface area contributed by atoms with Gasteiger partial charge in [0.1, 0.15) is 0 Å². The van der Waals surface area contributed by atoms with Gasteiger partial charge in [0, 0.05) is 44.4 Å². The van der Waals surface area contributed by atoms with Crippen molar-refractivity contribution in [1.29, 1.82) is 0 Å². The number of hydrogen-bond donors (Lipinski definition) is 0. The zero-order valence-corrected chi connectivity index (χ0v) is 12.6. The minimum Gasteiger partial charge on any atom is -0.408 e. The van der Waals surface area contributed by atoms with Gasteiger partial charge in [-0.2, -0.15) is 0 Å². The highest BCUT2D eigenvalue weighted by molar-refractivity contribution is 5.95. The lowest BCUT2D eigenvalue weighted by atomic mass is 9.93. The highest BCUT2D eigenvalue weighted by Crippen LogP contribution is 2.40. The van der Waals surface area contributed by atoms with Gasteiger partial charge in [0.2, 0.25) is 11.7 Å². The Morgan fingerprint density at radius 1 is 1.32 bits per heavy atom. The molecule has 2 aromatic heterocycles. The molecular weight excluding hydrogens is 282 g/mol. The average Bonchev–Trinajstić information content (AvgIpc) is 3.11. The third-order valence-electron chi connectivity index (χ3n) is 4.46. The number of nitrogens with zero attached hydrogens (tertiary/aromatic N) is 5. The fraction of sp³-hybridized carbons (Fsp3) is 0.600. The summed E-state index contributed by atoms with van der Waals surface area (Å²) in [6.07, 6.45) is 7.57. The number of carbonyl (C=O) groups excluding carboxylic acids is 1. The number of carbonyl (C=O) groups is 1. The molecule has 1 saturated heterocycles. The molecule has 0 spiro atoms. The van der Waals surface area contributed by atoms with Crippen molar-refractivity contribution in [3.63, 3.8) is 0 Å². The first-order valence-corrected chi connectivity index (χ1v) is 7.82. The van der Waals surface area contributed by atoms with Crippen LogP contribution in [-0.2, 0) is 7.05 Å². The van der Waals surface area contributed by atoms with Gasteiger partial charge in [0.05, 0.1) is 0 Å². The van der Waals surface area contributed by atoms with E-state index in [0.29, 0.717) is 24.3 Å². The Labute approximate surface area is 128 Å². The molecule has 0 amide bonds. The summed E-state index contributed by atoms with van der Waals surface area (Å²) in [4.78, 5) is 18.8. The summed E-state index contributed by atoms with van der Waals surface area (Å²) in [5, 5.41) is 8.28. The van der Waals surface area contributed by atoms with Gasteiger partial charge in [-0.15, -0.1) is 5.10 Å². The van der Waals surface area contributed by atoms with Crippen LogP contribution in [0.3, 0.4) is 0 Å². The molecule has 2 fully saturated rings. The van der Waals surface area contributed by atoms with Gasteiger partial charge in [-0.05, 0) is 25.7 Å². The predicted octanol–water partition coefficient (Wildman–Crippen LogP) is 1.78. The standard InChI is InChI=1S/C15H19N5O2/c1-19-8-6-16-13(19)12(21)11-3-2-7-20(9-11)15-18-17-14(22-15)10-4-5-10/h6,8,10-11H,2-5,7,9H2,1H3/t11-/m0/s1. The SMILES string of the molecule is Cn1ccnc1C(=O)[C@H]1CCCN(c2nnc(C3CC3)o2)C1. The molecule has 1 atom stereocenters. The Hall–Kier alpha value is -2.18. The minimum atomic E-state index is -0.0638. The molecule has 0 N–H and O–H groups in total. The quantitative estimate of drug-likeness (QED) is 0.801. The second-order valence-corrected chi connectivity index (χ2v) is 6.21. The summed E-state index contributed by atoms with van der Waals surface area (Å²) in [7, 11) is 1.85. The van der Waals surface area contributed by atoms with Crippen LogP contribution in [0.5, 0.6) is 0 Å². The van der Waals surface area contributed by atoms with Gasteiger partial charge in [0.15, 0.2) is 5.82 Å². The molecule has 4 rings (SSSR count). The summed E-state index contributed by atoms with van der Waals surface area (Å²) in [6.45, 7) is 1.48. The normalized spacial score (nSPS) is 22.0. The maximum Gasteiger partial charge on any atom is 0.318 e. The number of anilines is 1. The Morgan fingerprint density at radius 3 is 2.91 bits per heavy atom. The molecule has 0 aromatic carbocycles. The van der Waals surface area contributed by atoms with Crippen molar-refractivity contribution in [2.24, 2.45) is 13.0 Å². The Bertz CT molecular complexity index is 688. The number of imidazole rings is 1. The Kier molecular flexibility index (Phi) is 3.20. The molecule has 0 bridgehead atoms. The van der Waals surface area contributed by atoms with E-state index in [0.717, 1.165) is 38.1 Å². The van der Waals surface area contributed by atoms with Crippen molar-refractivity contribution in [1.82, 2.24) is 19.7 Å². The molecule has 7 heteroatoms. The van der Waals surface area contributed by atoms with Crippen LogP contribution < -0.4 is 4.90 Å². The molecular formula is C15H19N5O2. The number of hydrogen-bond acceptors (Lipinski definition) is 6. The van der Waals surface area contributed by atoms with E-state index in [1.807, 2.05) is 11.9 Å². The topological polar surface area (TPSA) is 77.1 Å². The van der Waals surface area contributed by atoms with Crippen molar-refractivity contribution in [2.75, 3.05) is 18.0 Å². The molecule has 7 nitrogen and oxygen atoms in total. The first-order valence-electron chi connectivity index (χ1n) is 7.82. The fourth-order valence-electron chi connectivity index (χ4n) is 3.00. The zero-order chi connectivity index (χ0) is 15.1. The van der Waals surface area contributed by atoms with Gasteiger partial charge in [-0.3, -0.25) is 4.79 Å². The second kappa shape index (κ2) is 5.23. The van der Waals surface area contributed by atoms with Crippen LogP contribution in [0.15, 0.2) is 16.8 Å². The first-order chi connectivity index (χ1) is 10.7. The first kappa shape index (κ1) is 13.5. The van der Waals surface area contributed by atoms with E-state index >= 15 is 0 Å². The lowest BCUT2D eigenvalue weighted by Crippen LogP contribution is -2.39. The lowest BCUT2D eigenvalue weighted by Gasteiger charge is -2.30. The molecule has 2 aliphatic rings. The number of Topliss-reactive ketones (excluding diaryl/α,β-unsaturated/α-hetero) is 1. The average molecular weight is 301 g/mol. The number of piperidine rings is 1. The van der Waals surface area contributed by atoms with Crippen LogP contribution in [0.1, 0.15) is 48.1 Å². The van der Waals surface area contributed by atoms with E-state index in [2.05, 4.69) is 15.2 Å². The number of rotatable bonds is 4. The molecule has 0 radical (unpaired) electrons. The van der Waals surface area contributed by atoms with Crippen molar-refractivity contribution in [3.8, 4) is 0 Å². The van der Waals surface area contributed by atoms with Gasteiger partial charge in [-0.1, -0.05) is 5.10 Å². The maximum absolute atomic E-state index is 12.6.